The van der Waals surface area contributed by atoms with Crippen LogP contribution in [0.2, 0.25) is 0 Å². The number of nitriles is 1. The van der Waals surface area contributed by atoms with E-state index in [1.165, 1.54) is 25.3 Å². The molecule has 1 aliphatic carbocycles. The van der Waals surface area contributed by atoms with Gasteiger partial charge in [0, 0.05) is 24.7 Å². The largest absolute Gasteiger partial charge is 0.335 e. The van der Waals surface area contributed by atoms with E-state index in [1.54, 1.807) is 18.2 Å². The molecular formula is C24H33N5O3S. The van der Waals surface area contributed by atoms with Crippen molar-refractivity contribution in [3.05, 3.63) is 29.8 Å². The fourth-order valence-corrected chi connectivity index (χ4v) is 6.43. The number of fused-ring (bicyclic) bond motifs is 1. The quantitative estimate of drug-likeness (QED) is 0.662. The molecule has 178 valence electrons. The molecule has 1 aromatic rings. The number of amidine groups is 1. The third kappa shape index (κ3) is 5.07. The lowest BCUT2D eigenvalue weighted by molar-refractivity contribution is -0.123. The fraction of sp³-hybridized carbons (Fsp3) is 0.625. The number of carbonyl (C=O) groups excluding carboxylic acids is 1. The van der Waals surface area contributed by atoms with Gasteiger partial charge in [-0.05, 0) is 43.7 Å². The van der Waals surface area contributed by atoms with Gasteiger partial charge in [-0.1, -0.05) is 45.2 Å². The maximum absolute atomic E-state index is 13.4. The number of amides is 1. The second-order valence-electron chi connectivity index (χ2n) is 9.92. The van der Waals surface area contributed by atoms with Crippen molar-refractivity contribution in [1.82, 2.24) is 14.9 Å². The van der Waals surface area contributed by atoms with Crippen LogP contribution in [0.5, 0.6) is 0 Å². The van der Waals surface area contributed by atoms with Crippen molar-refractivity contribution >= 4 is 21.8 Å². The van der Waals surface area contributed by atoms with Gasteiger partial charge in [0.05, 0.1) is 11.0 Å². The first-order valence-electron chi connectivity index (χ1n) is 11.9. The zero-order valence-corrected chi connectivity index (χ0v) is 20.2. The van der Waals surface area contributed by atoms with Gasteiger partial charge in [-0.15, -0.1) is 0 Å². The number of nitrogens with zero attached hydrogens (tertiary/aromatic N) is 3. The number of nitrogens with one attached hydrogen (secondary N) is 2. The minimum absolute atomic E-state index is 0.165. The molecule has 0 spiro atoms. The maximum Gasteiger partial charge on any atom is 0.263 e. The van der Waals surface area contributed by atoms with Crippen molar-refractivity contribution in [2.24, 2.45) is 10.9 Å². The van der Waals surface area contributed by atoms with E-state index in [2.05, 4.69) is 26.0 Å². The Balaban J connectivity index is 1.54. The fourth-order valence-electron chi connectivity index (χ4n) is 5.19. The van der Waals surface area contributed by atoms with Crippen molar-refractivity contribution in [3.63, 3.8) is 0 Å². The molecule has 2 unspecified atom stereocenters. The van der Waals surface area contributed by atoms with Gasteiger partial charge < -0.3 is 5.32 Å². The van der Waals surface area contributed by atoms with Crippen molar-refractivity contribution < 1.29 is 13.2 Å². The lowest BCUT2D eigenvalue weighted by Crippen LogP contribution is -2.53. The minimum atomic E-state index is -3.68. The van der Waals surface area contributed by atoms with Crippen LogP contribution in [-0.4, -0.2) is 55.8 Å². The van der Waals surface area contributed by atoms with Crippen LogP contribution in [0.4, 0.5) is 0 Å². The topological polar surface area (TPSA) is 115 Å². The van der Waals surface area contributed by atoms with Gasteiger partial charge in [0.2, 0.25) is 5.91 Å². The van der Waals surface area contributed by atoms with Crippen molar-refractivity contribution in [2.75, 3.05) is 13.1 Å². The number of hydrogen-bond donors (Lipinski definition) is 2. The van der Waals surface area contributed by atoms with Crippen molar-refractivity contribution in [1.29, 1.82) is 5.26 Å². The Hall–Kier alpha value is -2.44. The summed E-state index contributed by atoms with van der Waals surface area (Å²) in [5, 5.41) is 13.0. The lowest BCUT2D eigenvalue weighted by Gasteiger charge is -2.32. The molecule has 2 aliphatic heterocycles. The standard InChI is InChI=1S/C24H33N5O3S/c1-17(2)14-20(26-22-19-10-6-7-11-21(19)33(31,32)28-22)23(30)27-24(15-25)12-13-29(16-24)18-8-4-3-5-9-18/h6-7,10-11,17-18,20H,3-5,8-9,12-14,16H2,1-2H3,(H,26,28)(H,27,30). The maximum atomic E-state index is 13.4. The molecule has 2 heterocycles. The normalized spacial score (nSPS) is 27.2. The molecule has 4 rings (SSSR count). The van der Waals surface area contributed by atoms with Gasteiger partial charge >= 0.3 is 0 Å². The summed E-state index contributed by atoms with van der Waals surface area (Å²) >= 11 is 0. The van der Waals surface area contributed by atoms with Crippen LogP contribution in [-0.2, 0) is 14.8 Å². The van der Waals surface area contributed by atoms with Crippen molar-refractivity contribution in [3.8, 4) is 6.07 Å². The molecule has 2 N–H and O–H groups in total. The third-order valence-corrected chi connectivity index (χ3v) is 8.31. The van der Waals surface area contributed by atoms with Crippen LogP contribution in [0.25, 0.3) is 0 Å². The summed E-state index contributed by atoms with van der Waals surface area (Å²) in [6.07, 6.45) is 7.06. The highest BCUT2D eigenvalue weighted by molar-refractivity contribution is 7.90. The molecule has 1 amide bonds. The molecule has 1 aromatic carbocycles. The van der Waals surface area contributed by atoms with Gasteiger partial charge in [-0.25, -0.2) is 8.42 Å². The highest BCUT2D eigenvalue weighted by atomic mass is 32.2. The number of hydrogen-bond acceptors (Lipinski definition) is 6. The van der Waals surface area contributed by atoms with E-state index in [9.17, 15) is 18.5 Å². The Bertz CT molecular complexity index is 1070. The molecule has 1 saturated heterocycles. The summed E-state index contributed by atoms with van der Waals surface area (Å²) < 4.78 is 27.4. The van der Waals surface area contributed by atoms with Crippen molar-refractivity contribution in [2.45, 2.75) is 81.3 Å². The SMILES string of the molecule is CC(C)CC(N=C1NS(=O)(=O)c2ccccc21)C(=O)NC1(C#N)CCN(C2CCCCC2)C1. The molecule has 2 fully saturated rings. The molecule has 9 heteroatoms. The van der Waals surface area contributed by atoms with Gasteiger partial charge in [-0.2, -0.15) is 5.26 Å². The van der Waals surface area contributed by atoms with E-state index in [0.29, 0.717) is 31.0 Å². The van der Waals surface area contributed by atoms with Gasteiger partial charge in [0.25, 0.3) is 10.0 Å². The van der Waals surface area contributed by atoms with E-state index in [-0.39, 0.29) is 22.6 Å². The second-order valence-corrected chi connectivity index (χ2v) is 11.6. The third-order valence-electron chi connectivity index (χ3n) is 6.91. The number of benzene rings is 1. The molecule has 3 aliphatic rings. The summed E-state index contributed by atoms with van der Waals surface area (Å²) in [6.45, 7) is 5.32. The molecule has 0 aromatic heterocycles. The summed E-state index contributed by atoms with van der Waals surface area (Å²) in [5.41, 5.74) is -0.463. The van der Waals surface area contributed by atoms with Crippen LogP contribution in [0.3, 0.4) is 0 Å². The molecular weight excluding hydrogens is 438 g/mol. The second kappa shape index (κ2) is 9.43. The minimum Gasteiger partial charge on any atom is -0.335 e. The molecule has 0 radical (unpaired) electrons. The Kier molecular flexibility index (Phi) is 6.78. The average molecular weight is 472 g/mol. The zero-order chi connectivity index (χ0) is 23.6. The highest BCUT2D eigenvalue weighted by Crippen LogP contribution is 2.30. The molecule has 33 heavy (non-hydrogen) atoms. The van der Waals surface area contributed by atoms with E-state index in [1.807, 2.05) is 13.8 Å². The van der Waals surface area contributed by atoms with E-state index < -0.39 is 21.6 Å². The van der Waals surface area contributed by atoms with Gasteiger partial charge in [0.1, 0.15) is 17.4 Å². The Morgan fingerprint density at radius 2 is 2.03 bits per heavy atom. The summed E-state index contributed by atoms with van der Waals surface area (Å²) in [5.74, 6) is 0.0261. The number of aliphatic imine (C=N–C) groups is 1. The van der Waals surface area contributed by atoms with Crippen LogP contribution >= 0.6 is 0 Å². The summed E-state index contributed by atoms with van der Waals surface area (Å²) in [4.78, 5) is 20.5. The summed E-state index contributed by atoms with van der Waals surface area (Å²) in [6, 6.07) is 8.70. The van der Waals surface area contributed by atoms with Crippen LogP contribution in [0.1, 0.15) is 64.4 Å². The zero-order valence-electron chi connectivity index (χ0n) is 19.4. The lowest BCUT2D eigenvalue weighted by atomic mass is 9.94. The number of rotatable bonds is 6. The van der Waals surface area contributed by atoms with E-state index in [0.717, 1.165) is 19.4 Å². The molecule has 8 nitrogen and oxygen atoms in total. The number of likely N-dealkylation sites (tertiary alicyclic amines) is 1. The van der Waals surface area contributed by atoms with Crippen LogP contribution < -0.4 is 10.0 Å². The highest BCUT2D eigenvalue weighted by Gasteiger charge is 2.43. The van der Waals surface area contributed by atoms with E-state index >= 15 is 0 Å². The van der Waals surface area contributed by atoms with Gasteiger partial charge in [0.15, 0.2) is 0 Å². The monoisotopic (exact) mass is 471 g/mol. The summed E-state index contributed by atoms with van der Waals surface area (Å²) in [7, 11) is -3.68. The molecule has 1 saturated carbocycles. The molecule has 2 atom stereocenters. The predicted molar refractivity (Wildman–Crippen MR) is 126 cm³/mol. The predicted octanol–water partition coefficient (Wildman–Crippen LogP) is 2.56. The smallest absolute Gasteiger partial charge is 0.263 e. The first kappa shape index (κ1) is 23.7. The number of carbonyl (C=O) groups is 1. The average Bonchev–Trinajstić information content (AvgIpc) is 3.33. The van der Waals surface area contributed by atoms with Crippen LogP contribution in [0.15, 0.2) is 34.2 Å². The Morgan fingerprint density at radius 1 is 1.30 bits per heavy atom. The Morgan fingerprint density at radius 3 is 2.73 bits per heavy atom. The first-order chi connectivity index (χ1) is 15.7. The Labute approximate surface area is 196 Å². The van der Waals surface area contributed by atoms with Crippen LogP contribution in [0, 0.1) is 17.2 Å². The van der Waals surface area contributed by atoms with E-state index in [4.69, 9.17) is 0 Å². The van der Waals surface area contributed by atoms with Gasteiger partial charge in [-0.3, -0.25) is 19.4 Å². The first-order valence-corrected chi connectivity index (χ1v) is 13.4. The number of sulfonamides is 1. The molecule has 0 bridgehead atoms.